The summed E-state index contributed by atoms with van der Waals surface area (Å²) in [7, 11) is 1.91. The molecule has 0 bridgehead atoms. The van der Waals surface area contributed by atoms with Crippen LogP contribution in [-0.4, -0.2) is 35.5 Å². The van der Waals surface area contributed by atoms with Gasteiger partial charge in [-0.25, -0.2) is 0 Å². The van der Waals surface area contributed by atoms with Gasteiger partial charge >= 0.3 is 0 Å². The number of fused-ring (bicyclic) bond motifs is 2. The lowest BCUT2D eigenvalue weighted by Crippen LogP contribution is -2.39. The van der Waals surface area contributed by atoms with Crippen LogP contribution < -0.4 is 5.32 Å². The van der Waals surface area contributed by atoms with Crippen LogP contribution in [0.1, 0.15) is 49.2 Å². The van der Waals surface area contributed by atoms with Gasteiger partial charge < -0.3 is 5.32 Å². The van der Waals surface area contributed by atoms with Crippen molar-refractivity contribution in [1.82, 2.24) is 4.90 Å². The number of ketones is 2. The summed E-state index contributed by atoms with van der Waals surface area (Å²) in [5.41, 5.74) is 3.25. The van der Waals surface area contributed by atoms with Crippen molar-refractivity contribution in [3.8, 4) is 0 Å². The van der Waals surface area contributed by atoms with Crippen LogP contribution in [0.25, 0.3) is 0 Å². The molecule has 4 rings (SSSR count). The van der Waals surface area contributed by atoms with E-state index in [9.17, 15) is 14.4 Å². The Morgan fingerprint density at radius 1 is 1.00 bits per heavy atom. The average Bonchev–Trinajstić information content (AvgIpc) is 3.15. The fourth-order valence-corrected chi connectivity index (χ4v) is 4.52. The zero-order valence-corrected chi connectivity index (χ0v) is 17.9. The topological polar surface area (TPSA) is 66.5 Å². The Balaban J connectivity index is 1.52. The van der Waals surface area contributed by atoms with Crippen LogP contribution in [0.3, 0.4) is 0 Å². The van der Waals surface area contributed by atoms with E-state index in [2.05, 4.69) is 18.3 Å². The Bertz CT molecular complexity index is 1160. The van der Waals surface area contributed by atoms with E-state index in [1.807, 2.05) is 24.3 Å². The van der Waals surface area contributed by atoms with E-state index >= 15 is 0 Å². The Hall–Kier alpha value is -3.09. The molecule has 1 aromatic heterocycles. The minimum Gasteiger partial charge on any atom is -0.325 e. The zero-order valence-electron chi connectivity index (χ0n) is 17.1. The highest BCUT2D eigenvalue weighted by Crippen LogP contribution is 2.29. The van der Waals surface area contributed by atoms with Gasteiger partial charge in [-0.1, -0.05) is 24.3 Å². The molecule has 6 heteroatoms. The van der Waals surface area contributed by atoms with Crippen molar-refractivity contribution in [1.29, 1.82) is 0 Å². The average molecular weight is 419 g/mol. The van der Waals surface area contributed by atoms with Crippen LogP contribution in [0.2, 0.25) is 0 Å². The molecule has 0 fully saturated rings. The third-order valence-electron chi connectivity index (χ3n) is 5.59. The van der Waals surface area contributed by atoms with Crippen molar-refractivity contribution in [3.05, 3.63) is 86.6 Å². The first-order chi connectivity index (χ1) is 14.4. The molecule has 5 nitrogen and oxygen atoms in total. The molecular weight excluding hydrogens is 396 g/mol. The van der Waals surface area contributed by atoms with Crippen LogP contribution >= 0.6 is 11.3 Å². The van der Waals surface area contributed by atoms with Crippen molar-refractivity contribution >= 4 is 34.5 Å². The van der Waals surface area contributed by atoms with Crippen LogP contribution in [0.5, 0.6) is 0 Å². The number of thiophene rings is 1. The molecule has 1 N–H and O–H groups in total. The number of nitrogens with zero attached hydrogens (tertiary/aromatic N) is 1. The Morgan fingerprint density at radius 3 is 2.27 bits per heavy atom. The van der Waals surface area contributed by atoms with E-state index in [0.29, 0.717) is 34.5 Å². The molecule has 1 aliphatic rings. The fraction of sp³-hybridized carbons (Fsp3) is 0.208. The second-order valence-electron chi connectivity index (χ2n) is 7.57. The lowest BCUT2D eigenvalue weighted by molar-refractivity contribution is -0.120. The number of anilines is 1. The summed E-state index contributed by atoms with van der Waals surface area (Å²) in [6.45, 7) is 4.60. The lowest BCUT2D eigenvalue weighted by Gasteiger charge is -2.24. The highest BCUT2D eigenvalue weighted by atomic mass is 32.1. The summed E-state index contributed by atoms with van der Waals surface area (Å²) in [5.74, 6) is -0.534. The largest absolute Gasteiger partial charge is 0.325 e. The first-order valence-electron chi connectivity index (χ1n) is 9.73. The Labute approximate surface area is 179 Å². The highest BCUT2D eigenvalue weighted by Gasteiger charge is 2.29. The van der Waals surface area contributed by atoms with Crippen molar-refractivity contribution in [2.24, 2.45) is 0 Å². The molecule has 152 valence electrons. The SMILES string of the molecule is Cc1ccsc1CN(C)[C@H](C)C(=O)Nc1ccc2c(c1)C(=O)c1ccccc1C2=O. The number of carbonyl (C=O) groups is 3. The van der Waals surface area contributed by atoms with E-state index in [4.69, 9.17) is 0 Å². The summed E-state index contributed by atoms with van der Waals surface area (Å²) < 4.78 is 0. The lowest BCUT2D eigenvalue weighted by atomic mass is 9.84. The summed E-state index contributed by atoms with van der Waals surface area (Å²) in [5, 5.41) is 4.93. The molecule has 3 aromatic rings. The molecule has 30 heavy (non-hydrogen) atoms. The molecule has 0 radical (unpaired) electrons. The van der Waals surface area contributed by atoms with Gasteiger partial charge in [0.1, 0.15) is 0 Å². The van der Waals surface area contributed by atoms with Gasteiger partial charge in [-0.3, -0.25) is 19.3 Å². The summed E-state index contributed by atoms with van der Waals surface area (Å²) in [6, 6.07) is 13.4. The van der Waals surface area contributed by atoms with Gasteiger partial charge in [0.25, 0.3) is 0 Å². The maximum absolute atomic E-state index is 12.9. The van der Waals surface area contributed by atoms with Gasteiger partial charge in [0.05, 0.1) is 6.04 Å². The van der Waals surface area contributed by atoms with Crippen LogP contribution in [-0.2, 0) is 11.3 Å². The molecule has 0 aliphatic heterocycles. The normalized spacial score (nSPS) is 13.7. The zero-order chi connectivity index (χ0) is 21.4. The number of benzene rings is 2. The van der Waals surface area contributed by atoms with Crippen LogP contribution in [0.4, 0.5) is 5.69 Å². The second kappa shape index (κ2) is 7.97. The first-order valence-corrected chi connectivity index (χ1v) is 10.6. The molecule has 1 amide bonds. The predicted molar refractivity (Wildman–Crippen MR) is 118 cm³/mol. The maximum atomic E-state index is 12.9. The maximum Gasteiger partial charge on any atom is 0.241 e. The van der Waals surface area contributed by atoms with Crippen LogP contribution in [0.15, 0.2) is 53.9 Å². The second-order valence-corrected chi connectivity index (χ2v) is 8.57. The number of hydrogen-bond acceptors (Lipinski definition) is 5. The summed E-state index contributed by atoms with van der Waals surface area (Å²) in [6.07, 6.45) is 0. The van der Waals surface area contributed by atoms with Gasteiger partial charge in [-0.05, 0) is 56.1 Å². The molecule has 0 saturated carbocycles. The summed E-state index contributed by atoms with van der Waals surface area (Å²) in [4.78, 5) is 41.6. The van der Waals surface area contributed by atoms with E-state index in [1.165, 1.54) is 10.4 Å². The predicted octanol–water partition coefficient (Wildman–Crippen LogP) is 4.29. The number of hydrogen-bond donors (Lipinski definition) is 1. The number of amides is 1. The molecule has 1 heterocycles. The van der Waals surface area contributed by atoms with E-state index in [1.54, 1.807) is 53.8 Å². The number of likely N-dealkylation sites (N-methyl/N-ethyl adjacent to an activating group) is 1. The van der Waals surface area contributed by atoms with Crippen molar-refractivity contribution in [2.45, 2.75) is 26.4 Å². The monoisotopic (exact) mass is 418 g/mol. The van der Waals surface area contributed by atoms with E-state index in [-0.39, 0.29) is 23.5 Å². The fourth-order valence-electron chi connectivity index (χ4n) is 3.55. The third-order valence-corrected chi connectivity index (χ3v) is 6.60. The van der Waals surface area contributed by atoms with Crippen molar-refractivity contribution in [2.75, 3.05) is 12.4 Å². The van der Waals surface area contributed by atoms with Gasteiger partial charge in [-0.15, -0.1) is 11.3 Å². The standard InChI is InChI=1S/C24H22N2O3S/c1-14-10-11-30-21(14)13-26(3)15(2)24(29)25-16-8-9-19-20(12-16)23(28)18-7-5-4-6-17(18)22(19)27/h4-12,15H,13H2,1-3H3,(H,25,29)/t15-/m1/s1. The molecule has 0 spiro atoms. The van der Waals surface area contributed by atoms with E-state index < -0.39 is 0 Å². The molecule has 0 unspecified atom stereocenters. The Morgan fingerprint density at radius 2 is 1.63 bits per heavy atom. The van der Waals surface area contributed by atoms with Gasteiger partial charge in [0.2, 0.25) is 5.91 Å². The quantitative estimate of drug-likeness (QED) is 0.525. The number of rotatable bonds is 5. The van der Waals surface area contributed by atoms with Crippen LogP contribution in [0, 0.1) is 6.92 Å². The number of nitrogens with one attached hydrogen (secondary N) is 1. The summed E-state index contributed by atoms with van der Waals surface area (Å²) >= 11 is 1.68. The van der Waals surface area contributed by atoms with Gasteiger partial charge in [0, 0.05) is 39.4 Å². The molecule has 1 atom stereocenters. The number of carbonyl (C=O) groups excluding carboxylic acids is 3. The van der Waals surface area contributed by atoms with Crippen molar-refractivity contribution < 1.29 is 14.4 Å². The van der Waals surface area contributed by atoms with Gasteiger partial charge in [0.15, 0.2) is 11.6 Å². The van der Waals surface area contributed by atoms with Crippen molar-refractivity contribution in [3.63, 3.8) is 0 Å². The molecule has 1 aliphatic carbocycles. The third kappa shape index (κ3) is 3.60. The first kappa shape index (κ1) is 20.2. The van der Waals surface area contributed by atoms with E-state index in [0.717, 1.165) is 0 Å². The minimum atomic E-state index is -0.361. The van der Waals surface area contributed by atoms with Gasteiger partial charge in [-0.2, -0.15) is 0 Å². The minimum absolute atomic E-state index is 0.165. The molecule has 2 aromatic carbocycles. The molecular formula is C24H22N2O3S. The molecule has 0 saturated heterocycles. The number of aryl methyl sites for hydroxylation is 1. The smallest absolute Gasteiger partial charge is 0.241 e. The Kier molecular flexibility index (Phi) is 5.37. The highest BCUT2D eigenvalue weighted by molar-refractivity contribution is 7.10.